The highest BCUT2D eigenvalue weighted by atomic mass is 32.2. The normalized spacial score (nSPS) is 27.1. The number of amides is 1. The van der Waals surface area contributed by atoms with E-state index in [1.165, 1.54) is 4.31 Å². The number of hydrogen-bond donors (Lipinski definition) is 1. The van der Waals surface area contributed by atoms with Gasteiger partial charge in [0.25, 0.3) is 0 Å². The number of morpholine rings is 1. The number of nitrogens with zero attached hydrogens (tertiary/aromatic N) is 2. The molecule has 2 bridgehead atoms. The summed E-state index contributed by atoms with van der Waals surface area (Å²) in [5.74, 6) is -0.237. The molecular weight excluding hydrogens is 330 g/mol. The van der Waals surface area contributed by atoms with E-state index in [1.807, 2.05) is 19.1 Å². The largest absolute Gasteiger partial charge is 0.371 e. The van der Waals surface area contributed by atoms with Crippen molar-refractivity contribution in [2.24, 2.45) is 5.92 Å². The molecule has 1 N–H and O–H groups in total. The maximum atomic E-state index is 12.5. The third kappa shape index (κ3) is 3.76. The van der Waals surface area contributed by atoms with Gasteiger partial charge in [0.15, 0.2) is 0 Å². The molecule has 132 valence electrons. The van der Waals surface area contributed by atoms with Gasteiger partial charge in [0.1, 0.15) is 0 Å². The molecular formula is C16H23N3O4S. The third-order valence-corrected chi connectivity index (χ3v) is 6.51. The van der Waals surface area contributed by atoms with Crippen molar-refractivity contribution in [2.75, 3.05) is 18.8 Å². The molecule has 0 radical (unpaired) electrons. The van der Waals surface area contributed by atoms with Crippen molar-refractivity contribution in [3.63, 3.8) is 0 Å². The zero-order valence-electron chi connectivity index (χ0n) is 13.7. The lowest BCUT2D eigenvalue weighted by Gasteiger charge is -2.31. The maximum Gasteiger partial charge on any atom is 0.226 e. The Kier molecular flexibility index (Phi) is 5.17. The topological polar surface area (TPSA) is 88.6 Å². The number of aromatic nitrogens is 1. The minimum absolute atomic E-state index is 0.0823. The number of pyridine rings is 1. The standard InChI is InChI=1S/C16H23N3O4S/c1-2-6-24(21,22)19-10-13-7-14(15(11-19)23-13)16(20)18-9-12-4-3-5-17-8-12/h3-5,8,13-15H,2,6-7,9-11H2,1H3,(H,18,20)/t13-,14+,15-/m0/s1. The summed E-state index contributed by atoms with van der Waals surface area (Å²) < 4.78 is 31.8. The summed E-state index contributed by atoms with van der Waals surface area (Å²) in [5.41, 5.74) is 0.930. The zero-order valence-corrected chi connectivity index (χ0v) is 14.5. The molecule has 8 heteroatoms. The highest BCUT2D eigenvalue weighted by Crippen LogP contribution is 2.33. The summed E-state index contributed by atoms with van der Waals surface area (Å²) in [6, 6.07) is 3.72. The molecule has 3 rings (SSSR count). The monoisotopic (exact) mass is 353 g/mol. The fourth-order valence-electron chi connectivity index (χ4n) is 3.34. The molecule has 1 aromatic heterocycles. The Morgan fingerprint density at radius 3 is 3.00 bits per heavy atom. The summed E-state index contributed by atoms with van der Waals surface area (Å²) in [5, 5.41) is 2.91. The van der Waals surface area contributed by atoms with Crippen LogP contribution in [0.4, 0.5) is 0 Å². The lowest BCUT2D eigenvalue weighted by molar-refractivity contribution is -0.127. The lowest BCUT2D eigenvalue weighted by atomic mass is 9.99. The molecule has 0 saturated carbocycles. The number of sulfonamides is 1. The Bertz CT molecular complexity index is 680. The first kappa shape index (κ1) is 17.3. The van der Waals surface area contributed by atoms with E-state index in [0.29, 0.717) is 25.9 Å². The van der Waals surface area contributed by atoms with Crippen molar-refractivity contribution in [3.05, 3.63) is 30.1 Å². The van der Waals surface area contributed by atoms with Crippen molar-refractivity contribution in [2.45, 2.75) is 38.5 Å². The third-order valence-electron chi connectivity index (χ3n) is 4.51. The molecule has 2 fully saturated rings. The number of nitrogens with one attached hydrogen (secondary N) is 1. The minimum atomic E-state index is -3.25. The Morgan fingerprint density at radius 1 is 1.46 bits per heavy atom. The van der Waals surface area contributed by atoms with Crippen LogP contribution in [0.3, 0.4) is 0 Å². The van der Waals surface area contributed by atoms with E-state index in [0.717, 1.165) is 5.56 Å². The van der Waals surface area contributed by atoms with Crippen LogP contribution in [0.15, 0.2) is 24.5 Å². The van der Waals surface area contributed by atoms with Crippen molar-refractivity contribution in [1.29, 1.82) is 0 Å². The highest BCUT2D eigenvalue weighted by molar-refractivity contribution is 7.89. The molecule has 2 saturated heterocycles. The molecule has 1 aromatic rings. The van der Waals surface area contributed by atoms with Crippen LogP contribution in [0.5, 0.6) is 0 Å². The van der Waals surface area contributed by atoms with Crippen LogP contribution in [-0.4, -0.2) is 54.7 Å². The SMILES string of the molecule is CCCS(=O)(=O)N1C[C@@H]2C[C@@H](C(=O)NCc3cccnc3)[C@H](C1)O2. The molecule has 3 heterocycles. The van der Waals surface area contributed by atoms with Crippen LogP contribution < -0.4 is 5.32 Å². The van der Waals surface area contributed by atoms with Gasteiger partial charge in [0.05, 0.1) is 23.9 Å². The Labute approximate surface area is 142 Å². The fraction of sp³-hybridized carbons (Fsp3) is 0.625. The second-order valence-electron chi connectivity index (χ2n) is 6.35. The van der Waals surface area contributed by atoms with Gasteiger partial charge in [-0.25, -0.2) is 8.42 Å². The lowest BCUT2D eigenvalue weighted by Crippen LogP contribution is -2.48. The van der Waals surface area contributed by atoms with Crippen LogP contribution in [0.25, 0.3) is 0 Å². The molecule has 2 aliphatic heterocycles. The first-order chi connectivity index (χ1) is 11.5. The van der Waals surface area contributed by atoms with Crippen molar-refractivity contribution in [1.82, 2.24) is 14.6 Å². The molecule has 3 atom stereocenters. The summed E-state index contributed by atoms with van der Waals surface area (Å²) in [7, 11) is -3.25. The van der Waals surface area contributed by atoms with Gasteiger partial charge >= 0.3 is 0 Å². The first-order valence-electron chi connectivity index (χ1n) is 8.29. The van der Waals surface area contributed by atoms with E-state index in [9.17, 15) is 13.2 Å². The fourth-order valence-corrected chi connectivity index (χ4v) is 4.88. The number of fused-ring (bicyclic) bond motifs is 2. The summed E-state index contributed by atoms with van der Waals surface area (Å²) in [6.07, 6.45) is 4.01. The van der Waals surface area contributed by atoms with E-state index in [4.69, 9.17) is 4.74 Å². The summed E-state index contributed by atoms with van der Waals surface area (Å²) in [4.78, 5) is 16.5. The highest BCUT2D eigenvalue weighted by Gasteiger charge is 2.46. The summed E-state index contributed by atoms with van der Waals surface area (Å²) >= 11 is 0. The number of hydrogen-bond acceptors (Lipinski definition) is 5. The van der Waals surface area contributed by atoms with Crippen molar-refractivity contribution >= 4 is 15.9 Å². The molecule has 0 aromatic carbocycles. The predicted molar refractivity (Wildman–Crippen MR) is 88.5 cm³/mol. The van der Waals surface area contributed by atoms with E-state index < -0.39 is 10.0 Å². The maximum absolute atomic E-state index is 12.5. The van der Waals surface area contributed by atoms with Crippen LogP contribution >= 0.6 is 0 Å². The van der Waals surface area contributed by atoms with E-state index in [-0.39, 0.29) is 36.3 Å². The quantitative estimate of drug-likeness (QED) is 0.806. The smallest absolute Gasteiger partial charge is 0.226 e. The van der Waals surface area contributed by atoms with Gasteiger partial charge in [0, 0.05) is 32.0 Å². The van der Waals surface area contributed by atoms with Gasteiger partial charge in [-0.3, -0.25) is 9.78 Å². The molecule has 0 spiro atoms. The molecule has 0 aliphatic carbocycles. The number of rotatable bonds is 6. The Hall–Kier alpha value is -1.51. The van der Waals surface area contributed by atoms with Crippen LogP contribution in [0.2, 0.25) is 0 Å². The second-order valence-corrected chi connectivity index (χ2v) is 8.44. The van der Waals surface area contributed by atoms with Gasteiger partial charge in [-0.15, -0.1) is 0 Å². The Morgan fingerprint density at radius 2 is 2.29 bits per heavy atom. The Balaban J connectivity index is 1.60. The molecule has 7 nitrogen and oxygen atoms in total. The van der Waals surface area contributed by atoms with Gasteiger partial charge < -0.3 is 10.1 Å². The van der Waals surface area contributed by atoms with E-state index >= 15 is 0 Å². The van der Waals surface area contributed by atoms with E-state index in [1.54, 1.807) is 12.4 Å². The van der Waals surface area contributed by atoms with Gasteiger partial charge in [0.2, 0.25) is 15.9 Å². The van der Waals surface area contributed by atoms with Crippen molar-refractivity contribution in [3.8, 4) is 0 Å². The molecule has 1 amide bonds. The van der Waals surface area contributed by atoms with E-state index in [2.05, 4.69) is 10.3 Å². The number of carbonyl (C=O) groups excluding carboxylic acids is 1. The minimum Gasteiger partial charge on any atom is -0.371 e. The van der Waals surface area contributed by atoms with Gasteiger partial charge in [-0.05, 0) is 24.5 Å². The molecule has 24 heavy (non-hydrogen) atoms. The van der Waals surface area contributed by atoms with Crippen LogP contribution in [0.1, 0.15) is 25.3 Å². The predicted octanol–water partition coefficient (Wildman–Crippen LogP) is 0.527. The average molecular weight is 353 g/mol. The second kappa shape index (κ2) is 7.16. The van der Waals surface area contributed by atoms with Crippen molar-refractivity contribution < 1.29 is 17.9 Å². The molecule has 2 aliphatic rings. The molecule has 0 unspecified atom stereocenters. The first-order valence-corrected chi connectivity index (χ1v) is 9.90. The average Bonchev–Trinajstić information content (AvgIpc) is 2.87. The van der Waals surface area contributed by atoms with Gasteiger partial charge in [-0.2, -0.15) is 4.31 Å². The zero-order chi connectivity index (χ0) is 17.2. The van der Waals surface area contributed by atoms with Crippen LogP contribution in [0, 0.1) is 5.92 Å². The number of ether oxygens (including phenoxy) is 1. The summed E-state index contributed by atoms with van der Waals surface area (Å²) in [6.45, 7) is 2.88. The van der Waals surface area contributed by atoms with Crippen LogP contribution in [-0.2, 0) is 26.1 Å². The number of carbonyl (C=O) groups is 1. The van der Waals surface area contributed by atoms with Gasteiger partial charge in [-0.1, -0.05) is 13.0 Å².